The van der Waals surface area contributed by atoms with Crippen molar-refractivity contribution in [2.75, 3.05) is 52.9 Å². The lowest BCUT2D eigenvalue weighted by atomic mass is 10.0. The average molecular weight is 1510 g/mol. The Hall–Kier alpha value is -10.8. The van der Waals surface area contributed by atoms with Crippen molar-refractivity contribution in [2.24, 2.45) is 0 Å². The first-order chi connectivity index (χ1) is 53.2. The topological polar surface area (TPSA) is 247 Å². The van der Waals surface area contributed by atoms with Gasteiger partial charge in [0.2, 0.25) is 0 Å². The molecular weight excluding hydrogens is 1400 g/mol. The molecule has 20 nitrogen and oxygen atoms in total. The zero-order chi connectivity index (χ0) is 79.1. The number of esters is 8. The smallest absolute Gasteiger partial charge is 0.343 e. The van der Waals surface area contributed by atoms with E-state index in [-0.39, 0.29) is 23.9 Å². The third-order valence-electron chi connectivity index (χ3n) is 17.4. The van der Waals surface area contributed by atoms with E-state index >= 15 is 0 Å². The maximum absolute atomic E-state index is 13.7. The lowest BCUT2D eigenvalue weighted by Crippen LogP contribution is -2.11. The number of hydrogen-bond acceptors (Lipinski definition) is 20. The molecule has 0 saturated carbocycles. The molecule has 6 aromatic carbocycles. The molecule has 0 saturated heterocycles. The molecule has 110 heavy (non-hydrogen) atoms. The Balaban J connectivity index is 1.01. The van der Waals surface area contributed by atoms with Gasteiger partial charge in [-0.2, -0.15) is 0 Å². The average Bonchev–Trinajstić information content (AvgIpc) is 0.837. The number of aryl methyl sites for hydroxylation is 2. The van der Waals surface area contributed by atoms with Gasteiger partial charge >= 0.3 is 47.8 Å². The van der Waals surface area contributed by atoms with Gasteiger partial charge in [0.05, 0.1) is 75.1 Å². The van der Waals surface area contributed by atoms with Crippen molar-refractivity contribution in [1.82, 2.24) is 0 Å². The maximum Gasteiger partial charge on any atom is 0.343 e. The Morgan fingerprint density at radius 1 is 0.236 bits per heavy atom. The van der Waals surface area contributed by atoms with E-state index in [4.69, 9.17) is 56.8 Å². The van der Waals surface area contributed by atoms with Crippen LogP contribution in [0.2, 0.25) is 0 Å². The summed E-state index contributed by atoms with van der Waals surface area (Å²) in [5.74, 6) is -0.00644. The number of ether oxygens (including phenoxy) is 12. The first kappa shape index (κ1) is 88.1. The van der Waals surface area contributed by atoms with Gasteiger partial charge < -0.3 is 56.8 Å². The van der Waals surface area contributed by atoms with E-state index in [2.05, 4.69) is 26.3 Å². The molecule has 0 aliphatic heterocycles. The molecule has 590 valence electrons. The summed E-state index contributed by atoms with van der Waals surface area (Å²) in [5, 5.41) is 0. The van der Waals surface area contributed by atoms with Crippen LogP contribution < -0.4 is 37.9 Å². The lowest BCUT2D eigenvalue weighted by Gasteiger charge is -2.13. The van der Waals surface area contributed by atoms with E-state index in [1.807, 2.05) is 0 Å². The van der Waals surface area contributed by atoms with Crippen molar-refractivity contribution in [3.63, 3.8) is 0 Å². The SMILES string of the molecule is C=C(C)C(=O)OCCCCCCOc1ccc(C(=O)Oc2ccc(OC(=O)c3ccc(OCCCCCCOC(=O)C(=C)C)cc3)c(CCCCCCCCCCc3cc(OC(=O)c4ccc(OCCCCCCOC(=O)C(=C)C)cc4)ccc3OC(=O)c3ccc(OCCCCCCOC(=O)C(=C)C)cc3)c2)cc1. The van der Waals surface area contributed by atoms with Crippen LogP contribution in [0.1, 0.15) is 234 Å². The van der Waals surface area contributed by atoms with Gasteiger partial charge in [-0.15, -0.1) is 0 Å². The Morgan fingerprint density at radius 3 is 0.673 bits per heavy atom. The van der Waals surface area contributed by atoms with Crippen LogP contribution in [0.3, 0.4) is 0 Å². The molecule has 0 amide bonds. The largest absolute Gasteiger partial charge is 0.494 e. The van der Waals surface area contributed by atoms with E-state index < -0.39 is 23.9 Å². The highest BCUT2D eigenvalue weighted by molar-refractivity contribution is 5.94. The van der Waals surface area contributed by atoms with Crippen molar-refractivity contribution in [3.8, 4) is 46.0 Å². The molecule has 6 aromatic rings. The number of carbonyl (C=O) groups excluding carboxylic acids is 8. The van der Waals surface area contributed by atoms with Crippen LogP contribution in [-0.4, -0.2) is 101 Å². The van der Waals surface area contributed by atoms with E-state index in [0.717, 1.165) is 154 Å². The van der Waals surface area contributed by atoms with Gasteiger partial charge in [0.1, 0.15) is 46.0 Å². The van der Waals surface area contributed by atoms with Crippen LogP contribution in [-0.2, 0) is 51.0 Å². The second-order valence-corrected chi connectivity index (χ2v) is 27.2. The molecule has 0 N–H and O–H groups in total. The molecule has 0 bridgehead atoms. The first-order valence-electron chi connectivity index (χ1n) is 38.6. The molecular formula is C90H110O20. The van der Waals surface area contributed by atoms with Crippen molar-refractivity contribution in [1.29, 1.82) is 0 Å². The highest BCUT2D eigenvalue weighted by atomic mass is 16.6. The van der Waals surface area contributed by atoms with Crippen LogP contribution >= 0.6 is 0 Å². The Bertz CT molecular complexity index is 3670. The number of hydrogen-bond donors (Lipinski definition) is 0. The summed E-state index contributed by atoms with van der Waals surface area (Å²) in [6.07, 6.45) is 21.6. The summed E-state index contributed by atoms with van der Waals surface area (Å²) in [4.78, 5) is 101. The van der Waals surface area contributed by atoms with E-state index in [9.17, 15) is 38.4 Å². The predicted octanol–water partition coefficient (Wildman–Crippen LogP) is 19.7. The van der Waals surface area contributed by atoms with Crippen molar-refractivity contribution >= 4 is 47.8 Å². The first-order valence-corrected chi connectivity index (χ1v) is 38.6. The van der Waals surface area contributed by atoms with Gasteiger partial charge in [0.15, 0.2) is 0 Å². The minimum atomic E-state index is -0.562. The van der Waals surface area contributed by atoms with Gasteiger partial charge in [-0.25, -0.2) is 38.4 Å². The quantitative estimate of drug-likeness (QED) is 0.0113. The highest BCUT2D eigenvalue weighted by Gasteiger charge is 2.20. The molecule has 0 fully saturated rings. The molecule has 0 atom stereocenters. The molecule has 0 unspecified atom stereocenters. The molecule has 0 radical (unpaired) electrons. The van der Waals surface area contributed by atoms with Gasteiger partial charge in [-0.05, 0) is 301 Å². The van der Waals surface area contributed by atoms with Gasteiger partial charge in [0, 0.05) is 22.3 Å². The summed E-state index contributed by atoms with van der Waals surface area (Å²) >= 11 is 0. The maximum atomic E-state index is 13.7. The molecule has 20 heteroatoms. The molecule has 0 spiro atoms. The van der Waals surface area contributed by atoms with Crippen molar-refractivity contribution in [2.45, 2.75) is 195 Å². The monoisotopic (exact) mass is 1510 g/mol. The highest BCUT2D eigenvalue weighted by Crippen LogP contribution is 2.31. The second-order valence-electron chi connectivity index (χ2n) is 27.2. The molecule has 0 heterocycles. The summed E-state index contributed by atoms with van der Waals surface area (Å²) in [7, 11) is 0. The minimum absolute atomic E-state index is 0.297. The summed E-state index contributed by atoms with van der Waals surface area (Å²) < 4.78 is 68.2. The third-order valence-corrected chi connectivity index (χ3v) is 17.4. The standard InChI is InChI=1S/C90H110O20/c1-65(2)83(91)103-59-29-19-15-25-55-99-75-43-35-69(36-44-75)87(95)107-79-51-53-81(109-89(97)71-39-47-77(48-40-71)101-57-27-17-21-31-61-105-85(93)67(5)6)73(63-79)33-23-13-11-9-10-12-14-24-34-74-64-80(108-88(96)70-37-45-76(46-38-70)100-56-26-16-20-30-60-104-84(92)66(3)4)52-54-82(74)110-90(98)72-41-49-78(50-42-72)102-58-28-18-22-32-62-106-86(94)68(7)8/h35-54,63-64H,1,3,5,7,9-34,55-62H2,2,4,6,8H3. The Morgan fingerprint density at radius 2 is 0.436 bits per heavy atom. The molecule has 0 aliphatic rings. The fraction of sp³-hybridized carbons (Fsp3) is 0.422. The Kier molecular flexibility index (Phi) is 40.7. The number of benzene rings is 6. The van der Waals surface area contributed by atoms with E-state index in [1.54, 1.807) is 161 Å². The van der Waals surface area contributed by atoms with Gasteiger partial charge in [-0.1, -0.05) is 64.8 Å². The van der Waals surface area contributed by atoms with Gasteiger partial charge in [-0.3, -0.25) is 0 Å². The zero-order valence-electron chi connectivity index (χ0n) is 64.7. The van der Waals surface area contributed by atoms with Gasteiger partial charge in [0.25, 0.3) is 0 Å². The number of unbranched alkanes of at least 4 members (excludes halogenated alkanes) is 19. The predicted molar refractivity (Wildman–Crippen MR) is 422 cm³/mol. The van der Waals surface area contributed by atoms with Crippen LogP contribution in [0.5, 0.6) is 46.0 Å². The second kappa shape index (κ2) is 50.8. The van der Waals surface area contributed by atoms with Crippen LogP contribution in [0.4, 0.5) is 0 Å². The fourth-order valence-electron chi connectivity index (χ4n) is 11.1. The number of rotatable bonds is 55. The summed E-state index contributed by atoms with van der Waals surface area (Å²) in [6, 6.07) is 37.1. The third kappa shape index (κ3) is 35.1. The zero-order valence-corrected chi connectivity index (χ0v) is 64.7. The summed E-state index contributed by atoms with van der Waals surface area (Å²) in [6.45, 7) is 24.2. The van der Waals surface area contributed by atoms with Crippen LogP contribution in [0.15, 0.2) is 182 Å². The molecule has 0 aromatic heterocycles. The van der Waals surface area contributed by atoms with Crippen molar-refractivity contribution in [3.05, 3.63) is 215 Å². The van der Waals surface area contributed by atoms with Crippen LogP contribution in [0, 0.1) is 0 Å². The fourth-order valence-corrected chi connectivity index (χ4v) is 11.1. The minimum Gasteiger partial charge on any atom is -0.494 e. The van der Waals surface area contributed by atoms with Crippen molar-refractivity contribution < 1.29 is 95.2 Å². The Labute approximate surface area is 648 Å². The normalized spacial score (nSPS) is 10.8. The van der Waals surface area contributed by atoms with Crippen LogP contribution in [0.25, 0.3) is 0 Å². The van der Waals surface area contributed by atoms with E-state index in [0.29, 0.717) is 167 Å². The van der Waals surface area contributed by atoms with E-state index in [1.165, 1.54) is 0 Å². The lowest BCUT2D eigenvalue weighted by molar-refractivity contribution is -0.139. The summed E-state index contributed by atoms with van der Waals surface area (Å²) in [5.41, 5.74) is 4.25. The molecule has 6 rings (SSSR count). The molecule has 0 aliphatic carbocycles. The number of carbonyl (C=O) groups is 8.